The second-order valence-corrected chi connectivity index (χ2v) is 14.7. The molecule has 4 amide bonds. The molecule has 14 heteroatoms. The number of nitrogens with zero attached hydrogens (tertiary/aromatic N) is 1. The minimum Gasteiger partial charge on any atom is -0.497 e. The maximum Gasteiger partial charge on any atom is 0.408 e. The lowest BCUT2D eigenvalue weighted by atomic mass is 10.0. The first-order valence-corrected chi connectivity index (χ1v) is 17.4. The molecule has 1 aromatic carbocycles. The van der Waals surface area contributed by atoms with Crippen LogP contribution >= 0.6 is 0 Å². The van der Waals surface area contributed by atoms with Gasteiger partial charge in [-0.1, -0.05) is 37.1 Å². The number of ether oxygens (including phenoxy) is 2. The SMILES string of the molecule is COc1ccc(CCNS(=O)(=O)NC(=O)[C@@]23C[C@H]2C=CCCCCC[C@H](NC(=O)OC(C)(C)C)C(=O)N2CCC[C@H]2C(=O)N3)cc1. The van der Waals surface area contributed by atoms with Crippen molar-refractivity contribution in [1.29, 1.82) is 0 Å². The number of nitrogens with one attached hydrogen (secondary N) is 4. The molecule has 3 aliphatic rings. The molecule has 0 unspecified atom stereocenters. The van der Waals surface area contributed by atoms with Crippen molar-refractivity contribution in [1.82, 2.24) is 25.0 Å². The number of rotatable bonds is 8. The monoisotopic (exact) mass is 661 g/mol. The van der Waals surface area contributed by atoms with E-state index in [9.17, 15) is 27.6 Å². The highest BCUT2D eigenvalue weighted by Gasteiger charge is 2.61. The van der Waals surface area contributed by atoms with Gasteiger partial charge in [0, 0.05) is 19.0 Å². The van der Waals surface area contributed by atoms with E-state index in [1.54, 1.807) is 40.0 Å². The standard InChI is InChI=1S/C32H47N5O8S/c1-31(2,3)45-30(41)34-25-12-9-7-5-6-8-11-23-21-32(23,35-27(38)26-13-10-20-37(26)28(25)39)29(40)36-46(42,43)33-19-18-22-14-16-24(44-4)17-15-22/h8,11,14-17,23,25-26,33H,5-7,9-10,12-13,18-21H2,1-4H3,(H,34,41)(H,35,38)(H,36,40)/t23-,25+,26+,32-/m1/s1. The van der Waals surface area contributed by atoms with Crippen molar-refractivity contribution >= 4 is 34.0 Å². The molecule has 13 nitrogen and oxygen atoms in total. The van der Waals surface area contributed by atoms with Crippen LogP contribution < -0.4 is 24.8 Å². The van der Waals surface area contributed by atoms with Gasteiger partial charge in [-0.05, 0) is 83.4 Å². The van der Waals surface area contributed by atoms with Gasteiger partial charge in [0.2, 0.25) is 11.8 Å². The summed E-state index contributed by atoms with van der Waals surface area (Å²) in [5, 5.41) is 5.52. The summed E-state index contributed by atoms with van der Waals surface area (Å²) in [5.74, 6) is -1.47. The fraction of sp³-hybridized carbons (Fsp3) is 0.625. The summed E-state index contributed by atoms with van der Waals surface area (Å²) in [7, 11) is -2.67. The molecule has 254 valence electrons. The van der Waals surface area contributed by atoms with Crippen molar-refractivity contribution in [3.8, 4) is 5.75 Å². The summed E-state index contributed by atoms with van der Waals surface area (Å²) < 4.78 is 40.8. The minimum atomic E-state index is -4.23. The molecule has 1 saturated heterocycles. The van der Waals surface area contributed by atoms with Gasteiger partial charge in [-0.25, -0.2) is 9.52 Å². The fourth-order valence-electron chi connectivity index (χ4n) is 5.91. The van der Waals surface area contributed by atoms with Crippen molar-refractivity contribution in [3.05, 3.63) is 42.0 Å². The van der Waals surface area contributed by atoms with Gasteiger partial charge in [-0.3, -0.25) is 14.4 Å². The zero-order valence-corrected chi connectivity index (χ0v) is 27.9. The third kappa shape index (κ3) is 9.44. The quantitative estimate of drug-likeness (QED) is 0.308. The minimum absolute atomic E-state index is 0.0509. The number of carbonyl (C=O) groups is 4. The average Bonchev–Trinajstić information content (AvgIpc) is 3.44. The third-order valence-electron chi connectivity index (χ3n) is 8.42. The van der Waals surface area contributed by atoms with E-state index in [4.69, 9.17) is 9.47 Å². The maximum absolute atomic E-state index is 13.7. The summed E-state index contributed by atoms with van der Waals surface area (Å²) in [5.41, 5.74) is -1.33. The number of amides is 4. The molecular formula is C32H47N5O8S. The lowest BCUT2D eigenvalue weighted by Crippen LogP contribution is -2.59. The second kappa shape index (κ2) is 14.8. The molecule has 2 fully saturated rings. The number of hydrogen-bond donors (Lipinski definition) is 4. The molecule has 4 atom stereocenters. The molecular weight excluding hydrogens is 614 g/mol. The van der Waals surface area contributed by atoms with Crippen molar-refractivity contribution in [2.24, 2.45) is 5.92 Å². The first-order chi connectivity index (χ1) is 21.7. The number of hydrogen-bond acceptors (Lipinski definition) is 8. The number of methoxy groups -OCH3 is 1. The first-order valence-electron chi connectivity index (χ1n) is 16.0. The lowest BCUT2D eigenvalue weighted by molar-refractivity contribution is -0.141. The van der Waals surface area contributed by atoms with E-state index < -0.39 is 57.3 Å². The Kier molecular flexibility index (Phi) is 11.4. The third-order valence-corrected chi connectivity index (χ3v) is 9.46. The van der Waals surface area contributed by atoms with Crippen LogP contribution in [0.25, 0.3) is 0 Å². The Morgan fingerprint density at radius 3 is 2.50 bits per heavy atom. The molecule has 0 radical (unpaired) electrons. The lowest BCUT2D eigenvalue weighted by Gasteiger charge is -2.30. The summed E-state index contributed by atoms with van der Waals surface area (Å²) in [4.78, 5) is 55.0. The Hall–Kier alpha value is -3.65. The number of carbonyl (C=O) groups excluding carboxylic acids is 4. The predicted octanol–water partition coefficient (Wildman–Crippen LogP) is 2.47. The van der Waals surface area contributed by atoms with Crippen LogP contribution in [0.3, 0.4) is 0 Å². The van der Waals surface area contributed by atoms with Gasteiger partial charge in [0.05, 0.1) is 7.11 Å². The number of allylic oxidation sites excluding steroid dienone is 1. The van der Waals surface area contributed by atoms with Gasteiger partial charge in [0.1, 0.15) is 29.0 Å². The van der Waals surface area contributed by atoms with Crippen molar-refractivity contribution in [2.45, 2.75) is 102 Å². The number of fused-ring (bicyclic) bond motifs is 2. The van der Waals surface area contributed by atoms with Crippen LogP contribution in [0, 0.1) is 5.92 Å². The fourth-order valence-corrected chi connectivity index (χ4v) is 6.78. The van der Waals surface area contributed by atoms with Crippen LogP contribution in [0.15, 0.2) is 36.4 Å². The molecule has 0 spiro atoms. The highest BCUT2D eigenvalue weighted by molar-refractivity contribution is 7.88. The van der Waals surface area contributed by atoms with Crippen molar-refractivity contribution in [3.63, 3.8) is 0 Å². The molecule has 1 saturated carbocycles. The summed E-state index contributed by atoms with van der Waals surface area (Å²) in [6.07, 6.45) is 8.06. The summed E-state index contributed by atoms with van der Waals surface area (Å²) in [6, 6.07) is 5.47. The van der Waals surface area contributed by atoms with Crippen LogP contribution in [0.4, 0.5) is 4.79 Å². The van der Waals surface area contributed by atoms with E-state index in [2.05, 4.69) is 20.1 Å². The van der Waals surface area contributed by atoms with Crippen molar-refractivity contribution in [2.75, 3.05) is 20.2 Å². The van der Waals surface area contributed by atoms with E-state index >= 15 is 0 Å². The predicted molar refractivity (Wildman–Crippen MR) is 171 cm³/mol. The maximum atomic E-state index is 13.7. The van der Waals surface area contributed by atoms with Crippen molar-refractivity contribution < 1.29 is 37.1 Å². The van der Waals surface area contributed by atoms with E-state index in [1.807, 2.05) is 24.3 Å². The molecule has 46 heavy (non-hydrogen) atoms. The Balaban J connectivity index is 1.45. The molecule has 2 heterocycles. The topological polar surface area (TPSA) is 172 Å². The van der Waals surface area contributed by atoms with Crippen LogP contribution in [0.1, 0.15) is 77.7 Å². The van der Waals surface area contributed by atoms with E-state index in [0.29, 0.717) is 50.8 Å². The smallest absolute Gasteiger partial charge is 0.408 e. The Bertz CT molecular complexity index is 1410. The Morgan fingerprint density at radius 2 is 1.80 bits per heavy atom. The normalized spacial score (nSPS) is 25.7. The zero-order chi connectivity index (χ0) is 33.5. The van der Waals surface area contributed by atoms with Gasteiger partial charge in [0.25, 0.3) is 5.91 Å². The van der Waals surface area contributed by atoms with E-state index in [1.165, 1.54) is 4.90 Å². The molecule has 4 N–H and O–H groups in total. The average molecular weight is 662 g/mol. The largest absolute Gasteiger partial charge is 0.497 e. The van der Waals surface area contributed by atoms with Gasteiger partial charge >= 0.3 is 16.3 Å². The molecule has 4 rings (SSSR count). The molecule has 0 aromatic heterocycles. The summed E-state index contributed by atoms with van der Waals surface area (Å²) >= 11 is 0. The van der Waals surface area contributed by atoms with E-state index in [0.717, 1.165) is 18.4 Å². The van der Waals surface area contributed by atoms with Gasteiger partial charge < -0.3 is 25.0 Å². The van der Waals surface area contributed by atoms with E-state index in [-0.39, 0.29) is 18.9 Å². The van der Waals surface area contributed by atoms with Crippen LogP contribution in [0.5, 0.6) is 5.75 Å². The van der Waals surface area contributed by atoms with Crippen LogP contribution in [-0.2, 0) is 35.8 Å². The van der Waals surface area contributed by atoms with Gasteiger partial charge in [0.15, 0.2) is 0 Å². The highest BCUT2D eigenvalue weighted by Crippen LogP contribution is 2.45. The molecule has 2 aliphatic heterocycles. The van der Waals surface area contributed by atoms with Crippen LogP contribution in [0.2, 0.25) is 0 Å². The zero-order valence-electron chi connectivity index (χ0n) is 27.1. The Morgan fingerprint density at radius 1 is 1.07 bits per heavy atom. The molecule has 1 aromatic rings. The number of benzene rings is 1. The van der Waals surface area contributed by atoms with Gasteiger partial charge in [-0.2, -0.15) is 13.1 Å². The van der Waals surface area contributed by atoms with Gasteiger partial charge in [-0.15, -0.1) is 0 Å². The second-order valence-electron chi connectivity index (χ2n) is 13.2. The summed E-state index contributed by atoms with van der Waals surface area (Å²) in [6.45, 7) is 5.58. The van der Waals surface area contributed by atoms with Crippen LogP contribution in [-0.4, -0.2) is 80.6 Å². The Labute approximate surface area is 271 Å². The molecule has 0 bridgehead atoms. The highest BCUT2D eigenvalue weighted by atomic mass is 32.2. The number of alkyl carbamates (subject to hydrolysis) is 1. The first kappa shape index (κ1) is 35.2. The molecule has 1 aliphatic carbocycles.